The zero-order valence-electron chi connectivity index (χ0n) is 15.8. The molecule has 1 aliphatic rings. The summed E-state index contributed by atoms with van der Waals surface area (Å²) in [6.07, 6.45) is 0.765. The Kier molecular flexibility index (Phi) is 4.92. The number of aromatic nitrogens is 4. The van der Waals surface area contributed by atoms with Crippen molar-refractivity contribution in [3.63, 3.8) is 0 Å². The molecule has 3 aromatic rings. The van der Waals surface area contributed by atoms with Crippen molar-refractivity contribution in [1.82, 2.24) is 25.1 Å². The molecule has 2 heterocycles. The maximum atomic E-state index is 12.7. The molecule has 1 amide bonds. The van der Waals surface area contributed by atoms with Crippen LogP contribution < -0.4 is 9.47 Å². The van der Waals surface area contributed by atoms with E-state index in [1.54, 1.807) is 19.1 Å². The van der Waals surface area contributed by atoms with Crippen LogP contribution in [0.25, 0.3) is 11.4 Å². The quantitative estimate of drug-likeness (QED) is 0.674. The van der Waals surface area contributed by atoms with Gasteiger partial charge in [-0.1, -0.05) is 30.3 Å². The van der Waals surface area contributed by atoms with Crippen molar-refractivity contribution in [3.8, 4) is 22.9 Å². The fourth-order valence-corrected chi connectivity index (χ4v) is 3.33. The number of methoxy groups -OCH3 is 2. The molecule has 0 fully saturated rings. The summed E-state index contributed by atoms with van der Waals surface area (Å²) in [6, 6.07) is 13.5. The molecule has 0 N–H and O–H groups in total. The predicted molar refractivity (Wildman–Crippen MR) is 102 cm³/mol. The van der Waals surface area contributed by atoms with Crippen LogP contribution in [0.5, 0.6) is 11.5 Å². The minimum atomic E-state index is -0.0440. The number of amides is 1. The SMILES string of the molecule is COc1cc2c(cc1OC)CN(C(=O)Cn1nnc(-c3ccccc3)n1)CC2. The van der Waals surface area contributed by atoms with E-state index in [-0.39, 0.29) is 12.5 Å². The van der Waals surface area contributed by atoms with Gasteiger partial charge in [0.1, 0.15) is 6.54 Å². The average Bonchev–Trinajstić information content (AvgIpc) is 3.21. The van der Waals surface area contributed by atoms with Gasteiger partial charge in [0.25, 0.3) is 0 Å². The first kappa shape index (κ1) is 18.0. The number of benzene rings is 2. The normalized spacial score (nSPS) is 13.1. The van der Waals surface area contributed by atoms with Crippen molar-refractivity contribution in [3.05, 3.63) is 53.6 Å². The molecule has 144 valence electrons. The molecule has 8 heteroatoms. The van der Waals surface area contributed by atoms with Crippen LogP contribution in [-0.2, 0) is 24.3 Å². The van der Waals surface area contributed by atoms with E-state index in [0.29, 0.717) is 30.4 Å². The van der Waals surface area contributed by atoms with Crippen LogP contribution in [0.3, 0.4) is 0 Å². The fraction of sp³-hybridized carbons (Fsp3) is 0.300. The zero-order valence-corrected chi connectivity index (χ0v) is 15.8. The van der Waals surface area contributed by atoms with E-state index in [9.17, 15) is 4.79 Å². The van der Waals surface area contributed by atoms with Gasteiger partial charge in [-0.2, -0.15) is 4.80 Å². The van der Waals surface area contributed by atoms with E-state index < -0.39 is 0 Å². The molecule has 8 nitrogen and oxygen atoms in total. The standard InChI is InChI=1S/C20H21N5O3/c1-27-17-10-15-8-9-24(12-16(15)11-18(17)28-2)19(26)13-25-22-20(21-23-25)14-6-4-3-5-7-14/h3-7,10-11H,8-9,12-13H2,1-2H3. The molecule has 0 bridgehead atoms. The highest BCUT2D eigenvalue weighted by Crippen LogP contribution is 2.33. The van der Waals surface area contributed by atoms with Gasteiger partial charge in [0.05, 0.1) is 14.2 Å². The zero-order chi connectivity index (χ0) is 19.5. The first-order valence-electron chi connectivity index (χ1n) is 9.02. The van der Waals surface area contributed by atoms with Crippen molar-refractivity contribution >= 4 is 5.91 Å². The van der Waals surface area contributed by atoms with Crippen LogP contribution in [-0.4, -0.2) is 51.8 Å². The second-order valence-corrected chi connectivity index (χ2v) is 6.55. The maximum Gasteiger partial charge on any atom is 0.246 e. The highest BCUT2D eigenvalue weighted by molar-refractivity contribution is 5.76. The van der Waals surface area contributed by atoms with E-state index in [1.165, 1.54) is 10.4 Å². The molecule has 1 aromatic heterocycles. The van der Waals surface area contributed by atoms with Crippen molar-refractivity contribution in [1.29, 1.82) is 0 Å². The van der Waals surface area contributed by atoms with Gasteiger partial charge in [-0.05, 0) is 34.9 Å². The van der Waals surface area contributed by atoms with Crippen molar-refractivity contribution in [2.45, 2.75) is 19.5 Å². The largest absolute Gasteiger partial charge is 0.493 e. The van der Waals surface area contributed by atoms with Crippen molar-refractivity contribution < 1.29 is 14.3 Å². The molecule has 4 rings (SSSR count). The van der Waals surface area contributed by atoms with Crippen LogP contribution in [0.2, 0.25) is 0 Å². The molecular formula is C20H21N5O3. The highest BCUT2D eigenvalue weighted by atomic mass is 16.5. The van der Waals surface area contributed by atoms with Crippen LogP contribution in [0.1, 0.15) is 11.1 Å². The fourth-order valence-electron chi connectivity index (χ4n) is 3.33. The molecule has 0 radical (unpaired) electrons. The van der Waals surface area contributed by atoms with Crippen LogP contribution in [0.15, 0.2) is 42.5 Å². The number of hydrogen-bond acceptors (Lipinski definition) is 6. The lowest BCUT2D eigenvalue weighted by Crippen LogP contribution is -2.38. The van der Waals surface area contributed by atoms with Crippen molar-refractivity contribution in [2.24, 2.45) is 0 Å². The number of carbonyl (C=O) groups is 1. The van der Waals surface area contributed by atoms with Crippen molar-refractivity contribution in [2.75, 3.05) is 20.8 Å². The summed E-state index contributed by atoms with van der Waals surface area (Å²) >= 11 is 0. The molecule has 2 aromatic carbocycles. The molecule has 0 atom stereocenters. The Balaban J connectivity index is 1.46. The van der Waals surface area contributed by atoms with E-state index in [1.807, 2.05) is 42.5 Å². The Hall–Kier alpha value is -3.42. The van der Waals surface area contributed by atoms with Gasteiger partial charge >= 0.3 is 0 Å². The van der Waals surface area contributed by atoms with Crippen LogP contribution in [0, 0.1) is 0 Å². The topological polar surface area (TPSA) is 82.4 Å². The van der Waals surface area contributed by atoms with E-state index in [2.05, 4.69) is 15.4 Å². The number of carbonyl (C=O) groups excluding carboxylic acids is 1. The van der Waals surface area contributed by atoms with Gasteiger partial charge in [0.2, 0.25) is 11.7 Å². The molecule has 28 heavy (non-hydrogen) atoms. The first-order chi connectivity index (χ1) is 13.7. The molecule has 0 saturated carbocycles. The first-order valence-corrected chi connectivity index (χ1v) is 9.02. The highest BCUT2D eigenvalue weighted by Gasteiger charge is 2.23. The Bertz CT molecular complexity index is 987. The molecule has 0 unspecified atom stereocenters. The molecule has 0 spiro atoms. The number of rotatable bonds is 5. The summed E-state index contributed by atoms with van der Waals surface area (Å²) in [5, 5.41) is 12.4. The Morgan fingerprint density at radius 1 is 1.07 bits per heavy atom. The lowest BCUT2D eigenvalue weighted by atomic mass is 9.98. The minimum Gasteiger partial charge on any atom is -0.493 e. The van der Waals surface area contributed by atoms with Gasteiger partial charge in [-0.15, -0.1) is 10.2 Å². The number of tetrazole rings is 1. The summed E-state index contributed by atoms with van der Waals surface area (Å²) in [7, 11) is 3.23. The Labute approximate surface area is 162 Å². The van der Waals surface area contributed by atoms with Gasteiger partial charge in [-0.25, -0.2) is 0 Å². The molecule has 0 saturated heterocycles. The second-order valence-electron chi connectivity index (χ2n) is 6.55. The third-order valence-corrected chi connectivity index (χ3v) is 4.83. The monoisotopic (exact) mass is 379 g/mol. The summed E-state index contributed by atoms with van der Waals surface area (Å²) in [6.45, 7) is 1.22. The lowest BCUT2D eigenvalue weighted by Gasteiger charge is -2.29. The van der Waals surface area contributed by atoms with Gasteiger partial charge < -0.3 is 14.4 Å². The third kappa shape index (κ3) is 3.53. The molecular weight excluding hydrogens is 358 g/mol. The predicted octanol–water partition coefficient (Wildman–Crippen LogP) is 1.94. The van der Waals surface area contributed by atoms with E-state index in [4.69, 9.17) is 9.47 Å². The maximum absolute atomic E-state index is 12.7. The smallest absolute Gasteiger partial charge is 0.246 e. The second kappa shape index (κ2) is 7.67. The van der Waals surface area contributed by atoms with Crippen LogP contribution in [0.4, 0.5) is 0 Å². The van der Waals surface area contributed by atoms with Gasteiger partial charge in [0, 0.05) is 18.7 Å². The number of ether oxygens (including phenoxy) is 2. The number of nitrogens with zero attached hydrogens (tertiary/aromatic N) is 5. The Morgan fingerprint density at radius 2 is 1.79 bits per heavy atom. The summed E-state index contributed by atoms with van der Waals surface area (Å²) in [4.78, 5) is 15.9. The van der Waals surface area contributed by atoms with E-state index >= 15 is 0 Å². The number of fused-ring (bicyclic) bond motifs is 1. The summed E-state index contributed by atoms with van der Waals surface area (Å²) in [5.41, 5.74) is 3.11. The van der Waals surface area contributed by atoms with Crippen LogP contribution >= 0.6 is 0 Å². The Morgan fingerprint density at radius 3 is 2.50 bits per heavy atom. The average molecular weight is 379 g/mol. The molecule has 0 aliphatic carbocycles. The van der Waals surface area contributed by atoms with Gasteiger partial charge in [0.15, 0.2) is 11.5 Å². The lowest BCUT2D eigenvalue weighted by molar-refractivity contribution is -0.133. The summed E-state index contributed by atoms with van der Waals surface area (Å²) < 4.78 is 10.7. The number of hydrogen-bond donors (Lipinski definition) is 0. The van der Waals surface area contributed by atoms with Gasteiger partial charge in [-0.3, -0.25) is 4.79 Å². The summed E-state index contributed by atoms with van der Waals surface area (Å²) in [5.74, 6) is 1.84. The minimum absolute atomic E-state index is 0.0440. The molecule has 1 aliphatic heterocycles. The van der Waals surface area contributed by atoms with E-state index in [0.717, 1.165) is 17.5 Å². The third-order valence-electron chi connectivity index (χ3n) is 4.83.